The van der Waals surface area contributed by atoms with Crippen molar-refractivity contribution >= 4 is 11.5 Å². The number of carbonyl (C=O) groups excluding carboxylic acids is 1. The number of carboxylic acids is 1. The van der Waals surface area contributed by atoms with Crippen LogP contribution in [0.15, 0.2) is 30.3 Å². The number of benzene rings is 1. The number of hydrogen-bond acceptors (Lipinski definition) is 3. The van der Waals surface area contributed by atoms with Crippen LogP contribution in [0.5, 0.6) is 5.75 Å². The summed E-state index contributed by atoms with van der Waals surface area (Å²) in [7, 11) is 1.58. The van der Waals surface area contributed by atoms with Crippen LogP contribution in [0.25, 0.3) is 5.57 Å². The number of hydrogen-bond donors (Lipinski definition) is 0. The van der Waals surface area contributed by atoms with Gasteiger partial charge in [-0.05, 0) is 36.3 Å². The van der Waals surface area contributed by atoms with Crippen molar-refractivity contribution < 1.29 is 44.2 Å². The van der Waals surface area contributed by atoms with Gasteiger partial charge in [-0.2, -0.15) is 0 Å². The van der Waals surface area contributed by atoms with E-state index in [1.807, 2.05) is 0 Å². The summed E-state index contributed by atoms with van der Waals surface area (Å²) in [6.07, 6.45) is 1.07. The summed E-state index contributed by atoms with van der Waals surface area (Å²) >= 11 is 0. The van der Waals surface area contributed by atoms with E-state index in [4.69, 9.17) is 4.74 Å². The number of carbonyl (C=O) groups is 1. The van der Waals surface area contributed by atoms with Crippen molar-refractivity contribution in [3.8, 4) is 5.75 Å². The predicted octanol–water partition coefficient (Wildman–Crippen LogP) is -2.15. The van der Waals surface area contributed by atoms with Crippen LogP contribution >= 0.6 is 0 Å². The minimum absolute atomic E-state index is 0. The molecule has 74 valence electrons. The van der Waals surface area contributed by atoms with Crippen molar-refractivity contribution in [1.82, 2.24) is 0 Å². The first-order chi connectivity index (χ1) is 6.63. The Kier molecular flexibility index (Phi) is 6.32. The summed E-state index contributed by atoms with van der Waals surface area (Å²) < 4.78 is 4.98. The SMILES string of the molecule is COc1ccc(C(C)=CC(=O)[O-])cc1.[Na+]. The van der Waals surface area contributed by atoms with Gasteiger partial charge in [-0.3, -0.25) is 0 Å². The molecule has 0 saturated heterocycles. The minimum Gasteiger partial charge on any atom is -0.545 e. The topological polar surface area (TPSA) is 49.4 Å². The average molecular weight is 214 g/mol. The van der Waals surface area contributed by atoms with E-state index < -0.39 is 5.97 Å². The standard InChI is InChI=1S/C11H12O3.Na/c1-8(7-11(12)13)9-3-5-10(14-2)6-4-9;/h3-7H,1-2H3,(H,12,13);/q;+1/p-1. The molecule has 0 bridgehead atoms. The molecule has 15 heavy (non-hydrogen) atoms. The van der Waals surface area contributed by atoms with Crippen LogP contribution in [0.3, 0.4) is 0 Å². The van der Waals surface area contributed by atoms with Crippen molar-refractivity contribution in [2.24, 2.45) is 0 Å². The second kappa shape index (κ2) is 6.67. The van der Waals surface area contributed by atoms with Crippen LogP contribution in [0, 0.1) is 0 Å². The molecule has 3 nitrogen and oxygen atoms in total. The zero-order chi connectivity index (χ0) is 10.6. The molecular weight excluding hydrogens is 203 g/mol. The molecular formula is C11H11NaO3. The second-order valence-electron chi connectivity index (χ2n) is 2.87. The molecule has 0 amide bonds. The Labute approximate surface area is 111 Å². The first kappa shape index (κ1) is 14.2. The van der Waals surface area contributed by atoms with Gasteiger partial charge < -0.3 is 14.6 Å². The van der Waals surface area contributed by atoms with Gasteiger partial charge in [0, 0.05) is 0 Å². The van der Waals surface area contributed by atoms with E-state index >= 15 is 0 Å². The zero-order valence-corrected chi connectivity index (χ0v) is 11.1. The van der Waals surface area contributed by atoms with Gasteiger partial charge >= 0.3 is 29.6 Å². The van der Waals surface area contributed by atoms with Gasteiger partial charge in [-0.25, -0.2) is 0 Å². The maximum atomic E-state index is 10.3. The second-order valence-corrected chi connectivity index (χ2v) is 2.87. The van der Waals surface area contributed by atoms with Gasteiger partial charge in [0.2, 0.25) is 0 Å². The Balaban J connectivity index is 0.00000196. The van der Waals surface area contributed by atoms with Crippen LogP contribution in [0.4, 0.5) is 0 Å². The molecule has 0 heterocycles. The Morgan fingerprint density at radius 2 is 1.87 bits per heavy atom. The molecule has 4 heteroatoms. The van der Waals surface area contributed by atoms with E-state index in [-0.39, 0.29) is 29.6 Å². The quantitative estimate of drug-likeness (QED) is 0.426. The van der Waals surface area contributed by atoms with E-state index in [1.165, 1.54) is 0 Å². The number of carboxylic acid groups (broad SMARTS) is 1. The van der Waals surface area contributed by atoms with Gasteiger partial charge in [0.1, 0.15) is 5.75 Å². The van der Waals surface area contributed by atoms with E-state index in [1.54, 1.807) is 38.3 Å². The Bertz CT molecular complexity index is 355. The minimum atomic E-state index is -1.18. The van der Waals surface area contributed by atoms with Gasteiger partial charge in [-0.15, -0.1) is 0 Å². The summed E-state index contributed by atoms with van der Waals surface area (Å²) in [5.41, 5.74) is 1.50. The van der Waals surface area contributed by atoms with E-state index in [0.717, 1.165) is 17.4 Å². The van der Waals surface area contributed by atoms with Gasteiger partial charge in [0.15, 0.2) is 0 Å². The van der Waals surface area contributed by atoms with Crippen LogP contribution in [0.2, 0.25) is 0 Å². The number of allylic oxidation sites excluding steroid dienone is 1. The fraction of sp³-hybridized carbons (Fsp3) is 0.182. The monoisotopic (exact) mass is 214 g/mol. The van der Waals surface area contributed by atoms with Crippen molar-refractivity contribution in [2.45, 2.75) is 6.92 Å². The first-order valence-electron chi connectivity index (χ1n) is 4.17. The number of methoxy groups -OCH3 is 1. The third kappa shape index (κ3) is 4.51. The molecule has 0 atom stereocenters. The zero-order valence-electron chi connectivity index (χ0n) is 9.11. The summed E-state index contributed by atoms with van der Waals surface area (Å²) in [5, 5.41) is 10.3. The van der Waals surface area contributed by atoms with Gasteiger partial charge in [0.05, 0.1) is 13.1 Å². The molecule has 0 spiro atoms. The normalized spacial score (nSPS) is 10.4. The van der Waals surface area contributed by atoms with Crippen molar-refractivity contribution in [1.29, 1.82) is 0 Å². The van der Waals surface area contributed by atoms with Gasteiger partial charge in [-0.1, -0.05) is 12.1 Å². The van der Waals surface area contributed by atoms with Crippen molar-refractivity contribution in [2.75, 3.05) is 7.11 Å². The maximum absolute atomic E-state index is 10.3. The molecule has 0 fully saturated rings. The Morgan fingerprint density at radius 3 is 2.27 bits per heavy atom. The fourth-order valence-electron chi connectivity index (χ4n) is 1.11. The molecule has 1 aromatic rings. The number of ether oxygens (including phenoxy) is 1. The van der Waals surface area contributed by atoms with Crippen LogP contribution in [-0.2, 0) is 4.79 Å². The largest absolute Gasteiger partial charge is 1.00 e. The molecule has 1 aromatic carbocycles. The molecule has 0 aliphatic heterocycles. The molecule has 0 aliphatic carbocycles. The summed E-state index contributed by atoms with van der Waals surface area (Å²) in [5.74, 6) is -0.437. The Morgan fingerprint density at radius 1 is 1.33 bits per heavy atom. The summed E-state index contributed by atoms with van der Waals surface area (Å²) in [4.78, 5) is 10.3. The molecule has 0 unspecified atom stereocenters. The molecule has 0 aliphatic rings. The smallest absolute Gasteiger partial charge is 0.545 e. The van der Waals surface area contributed by atoms with Crippen LogP contribution < -0.4 is 39.4 Å². The van der Waals surface area contributed by atoms with E-state index in [9.17, 15) is 9.90 Å². The van der Waals surface area contributed by atoms with Crippen LogP contribution in [0.1, 0.15) is 12.5 Å². The molecule has 1 rings (SSSR count). The average Bonchev–Trinajstić information content (AvgIpc) is 2.17. The molecule has 0 saturated carbocycles. The van der Waals surface area contributed by atoms with Crippen molar-refractivity contribution in [3.63, 3.8) is 0 Å². The van der Waals surface area contributed by atoms with Gasteiger partial charge in [0.25, 0.3) is 0 Å². The Hall–Kier alpha value is -0.770. The summed E-state index contributed by atoms with van der Waals surface area (Å²) in [6, 6.07) is 7.16. The molecule has 0 aromatic heterocycles. The maximum Gasteiger partial charge on any atom is 1.00 e. The third-order valence-corrected chi connectivity index (χ3v) is 1.88. The third-order valence-electron chi connectivity index (χ3n) is 1.88. The number of rotatable bonds is 3. The first-order valence-corrected chi connectivity index (χ1v) is 4.17. The number of aliphatic carboxylic acids is 1. The van der Waals surface area contributed by atoms with E-state index in [0.29, 0.717) is 5.57 Å². The predicted molar refractivity (Wildman–Crippen MR) is 51.7 cm³/mol. The van der Waals surface area contributed by atoms with Crippen molar-refractivity contribution in [3.05, 3.63) is 35.9 Å². The van der Waals surface area contributed by atoms with Crippen LogP contribution in [-0.4, -0.2) is 13.1 Å². The molecule has 0 N–H and O–H groups in total. The fourth-order valence-corrected chi connectivity index (χ4v) is 1.11. The molecule has 0 radical (unpaired) electrons. The van der Waals surface area contributed by atoms with E-state index in [2.05, 4.69) is 0 Å². The summed E-state index contributed by atoms with van der Waals surface area (Å²) in [6.45, 7) is 1.72.